The number of ether oxygens (including phenoxy) is 1. The summed E-state index contributed by atoms with van der Waals surface area (Å²) in [5.74, 6) is -0.683. The van der Waals surface area contributed by atoms with Crippen LogP contribution in [0.4, 0.5) is 13.2 Å². The summed E-state index contributed by atoms with van der Waals surface area (Å²) in [6.07, 6.45) is 1.63. The van der Waals surface area contributed by atoms with Gasteiger partial charge in [0.2, 0.25) is 0 Å². The molecule has 0 aromatic heterocycles. The molecule has 3 aromatic carbocycles. The molecule has 0 N–H and O–H groups in total. The quantitative estimate of drug-likeness (QED) is 0.522. The molecule has 0 heterocycles. The average Bonchev–Trinajstić information content (AvgIpc) is 2.61. The molecule has 0 bridgehead atoms. The van der Waals surface area contributed by atoms with E-state index in [-0.39, 0.29) is 11.3 Å². The second kappa shape index (κ2) is 7.18. The Kier molecular flexibility index (Phi) is 4.98. The van der Waals surface area contributed by atoms with Crippen molar-refractivity contribution in [2.75, 3.05) is 0 Å². The van der Waals surface area contributed by atoms with Crippen LogP contribution in [0.2, 0.25) is 0 Å². The highest BCUT2D eigenvalue weighted by molar-refractivity contribution is 5.92. The summed E-state index contributed by atoms with van der Waals surface area (Å²) in [5, 5.41) is 0.954. The van der Waals surface area contributed by atoms with Gasteiger partial charge in [-0.3, -0.25) is 0 Å². The van der Waals surface area contributed by atoms with Crippen molar-refractivity contribution in [3.8, 4) is 16.9 Å². The van der Waals surface area contributed by atoms with Crippen molar-refractivity contribution < 1.29 is 17.9 Å². The predicted molar refractivity (Wildman–Crippen MR) is 94.7 cm³/mol. The summed E-state index contributed by atoms with van der Waals surface area (Å²) in [5.41, 5.74) is 2.69. The summed E-state index contributed by atoms with van der Waals surface area (Å²) < 4.78 is 45.5. The summed E-state index contributed by atoms with van der Waals surface area (Å²) >= 11 is 0. The first-order valence-corrected chi connectivity index (χ1v) is 8.32. The molecule has 0 spiro atoms. The first-order valence-electron chi connectivity index (χ1n) is 8.32. The molecule has 0 saturated heterocycles. The highest BCUT2D eigenvalue weighted by atomic mass is 19.3. The Labute approximate surface area is 145 Å². The van der Waals surface area contributed by atoms with Crippen molar-refractivity contribution in [2.24, 2.45) is 0 Å². The van der Waals surface area contributed by atoms with Gasteiger partial charge in [0.25, 0.3) is 0 Å². The standard InChI is InChI=1S/C21H19F3O/c1-3-13-5-8-15(9-6-13)19-18(25-21(23)24)12-16-11-14(4-2)7-10-17(16)20(19)22/h5-12,21H,3-4H2,1-2H3. The third kappa shape index (κ3) is 3.48. The number of aryl methyl sites for hydroxylation is 2. The lowest BCUT2D eigenvalue weighted by Crippen LogP contribution is -2.05. The summed E-state index contributed by atoms with van der Waals surface area (Å²) in [7, 11) is 0. The van der Waals surface area contributed by atoms with Gasteiger partial charge in [-0.2, -0.15) is 8.78 Å². The van der Waals surface area contributed by atoms with Crippen molar-refractivity contribution in [1.82, 2.24) is 0 Å². The van der Waals surface area contributed by atoms with Crippen LogP contribution in [0.15, 0.2) is 48.5 Å². The van der Waals surface area contributed by atoms with E-state index in [1.54, 1.807) is 24.3 Å². The Bertz CT molecular complexity index is 886. The fourth-order valence-corrected chi connectivity index (χ4v) is 2.97. The van der Waals surface area contributed by atoms with Crippen molar-refractivity contribution in [2.45, 2.75) is 33.3 Å². The van der Waals surface area contributed by atoms with Gasteiger partial charge in [-0.25, -0.2) is 4.39 Å². The molecule has 0 aliphatic rings. The largest absolute Gasteiger partial charge is 0.434 e. The topological polar surface area (TPSA) is 9.23 Å². The van der Waals surface area contributed by atoms with E-state index >= 15 is 4.39 Å². The number of hydrogen-bond donors (Lipinski definition) is 0. The Morgan fingerprint density at radius 2 is 1.52 bits per heavy atom. The molecule has 3 aromatic rings. The van der Waals surface area contributed by atoms with Gasteiger partial charge in [-0.05, 0) is 41.0 Å². The van der Waals surface area contributed by atoms with Gasteiger partial charge >= 0.3 is 6.61 Å². The number of alkyl halides is 2. The van der Waals surface area contributed by atoms with Crippen molar-refractivity contribution in [1.29, 1.82) is 0 Å². The average molecular weight is 344 g/mol. The highest BCUT2D eigenvalue weighted by Gasteiger charge is 2.19. The van der Waals surface area contributed by atoms with Gasteiger partial charge in [0.1, 0.15) is 11.6 Å². The fourth-order valence-electron chi connectivity index (χ4n) is 2.97. The van der Waals surface area contributed by atoms with Crippen LogP contribution in [0.3, 0.4) is 0 Å². The Morgan fingerprint density at radius 1 is 0.880 bits per heavy atom. The molecule has 3 rings (SSSR count). The number of fused-ring (bicyclic) bond motifs is 1. The molecule has 130 valence electrons. The maximum atomic E-state index is 15.2. The van der Waals surface area contributed by atoms with E-state index in [1.807, 2.05) is 32.0 Å². The SMILES string of the molecule is CCc1ccc(-c2c(OC(F)F)cc3cc(CC)ccc3c2F)cc1. The van der Waals surface area contributed by atoms with Gasteiger partial charge in [-0.1, -0.05) is 56.3 Å². The lowest BCUT2D eigenvalue weighted by atomic mass is 9.96. The van der Waals surface area contributed by atoms with Gasteiger partial charge in [0, 0.05) is 5.39 Å². The second-order valence-electron chi connectivity index (χ2n) is 5.90. The maximum Gasteiger partial charge on any atom is 0.387 e. The maximum absolute atomic E-state index is 15.2. The summed E-state index contributed by atoms with van der Waals surface area (Å²) in [6, 6.07) is 14.1. The monoisotopic (exact) mass is 344 g/mol. The normalized spacial score (nSPS) is 11.3. The zero-order chi connectivity index (χ0) is 18.0. The van der Waals surface area contributed by atoms with Crippen LogP contribution in [0.25, 0.3) is 21.9 Å². The molecule has 0 unspecified atom stereocenters. The third-order valence-electron chi connectivity index (χ3n) is 4.38. The molecular weight excluding hydrogens is 325 g/mol. The van der Waals surface area contributed by atoms with E-state index < -0.39 is 12.4 Å². The minimum atomic E-state index is -3.01. The van der Waals surface area contributed by atoms with Crippen LogP contribution in [-0.4, -0.2) is 6.61 Å². The van der Waals surface area contributed by atoms with Gasteiger partial charge in [0.15, 0.2) is 0 Å². The Morgan fingerprint density at radius 3 is 2.12 bits per heavy atom. The molecule has 0 saturated carbocycles. The summed E-state index contributed by atoms with van der Waals surface area (Å²) in [4.78, 5) is 0. The number of rotatable bonds is 5. The van der Waals surface area contributed by atoms with Gasteiger partial charge in [-0.15, -0.1) is 0 Å². The molecule has 0 aliphatic carbocycles. The molecular formula is C21H19F3O. The molecule has 0 fully saturated rings. The van der Waals surface area contributed by atoms with Crippen molar-refractivity contribution >= 4 is 10.8 Å². The van der Waals surface area contributed by atoms with Crippen LogP contribution in [0.5, 0.6) is 5.75 Å². The second-order valence-corrected chi connectivity index (χ2v) is 5.90. The molecule has 0 amide bonds. The van der Waals surface area contributed by atoms with E-state index in [0.717, 1.165) is 24.0 Å². The minimum Gasteiger partial charge on any atom is -0.434 e. The first-order chi connectivity index (χ1) is 12.0. The van der Waals surface area contributed by atoms with Gasteiger partial charge in [0.05, 0.1) is 5.56 Å². The van der Waals surface area contributed by atoms with Crippen LogP contribution < -0.4 is 4.74 Å². The first kappa shape index (κ1) is 17.3. The fraction of sp³-hybridized carbons (Fsp3) is 0.238. The molecule has 0 atom stereocenters. The third-order valence-corrected chi connectivity index (χ3v) is 4.38. The van der Waals surface area contributed by atoms with Crippen molar-refractivity contribution in [3.05, 3.63) is 65.5 Å². The van der Waals surface area contributed by atoms with E-state index in [9.17, 15) is 8.78 Å². The molecule has 1 nitrogen and oxygen atoms in total. The minimum absolute atomic E-state index is 0.0692. The lowest BCUT2D eigenvalue weighted by Gasteiger charge is -2.15. The number of benzene rings is 3. The van der Waals surface area contributed by atoms with E-state index in [4.69, 9.17) is 0 Å². The molecule has 0 aliphatic heterocycles. The predicted octanol–water partition coefficient (Wildman–Crippen LogP) is 6.37. The Hall–Kier alpha value is -2.49. The molecule has 0 radical (unpaired) electrons. The zero-order valence-electron chi connectivity index (χ0n) is 14.2. The lowest BCUT2D eigenvalue weighted by molar-refractivity contribution is -0.0494. The Balaban J connectivity index is 2.24. The highest BCUT2D eigenvalue weighted by Crippen LogP contribution is 2.39. The molecule has 4 heteroatoms. The van der Waals surface area contributed by atoms with Crippen molar-refractivity contribution in [3.63, 3.8) is 0 Å². The van der Waals surface area contributed by atoms with Crippen LogP contribution in [0, 0.1) is 5.82 Å². The number of halogens is 3. The van der Waals surface area contributed by atoms with E-state index in [0.29, 0.717) is 16.3 Å². The van der Waals surface area contributed by atoms with E-state index in [2.05, 4.69) is 4.74 Å². The van der Waals surface area contributed by atoms with Crippen LogP contribution in [0.1, 0.15) is 25.0 Å². The van der Waals surface area contributed by atoms with Crippen LogP contribution in [-0.2, 0) is 12.8 Å². The van der Waals surface area contributed by atoms with Gasteiger partial charge < -0.3 is 4.74 Å². The smallest absolute Gasteiger partial charge is 0.387 e. The molecule has 25 heavy (non-hydrogen) atoms. The zero-order valence-corrected chi connectivity index (χ0v) is 14.2. The van der Waals surface area contributed by atoms with Crippen LogP contribution >= 0.6 is 0 Å². The van der Waals surface area contributed by atoms with E-state index in [1.165, 1.54) is 6.07 Å². The number of hydrogen-bond acceptors (Lipinski definition) is 1. The summed E-state index contributed by atoms with van der Waals surface area (Å²) in [6.45, 7) is 0.986.